The van der Waals surface area contributed by atoms with Crippen molar-refractivity contribution in [1.29, 1.82) is 5.26 Å². The fourth-order valence-corrected chi connectivity index (χ4v) is 4.02. The quantitative estimate of drug-likeness (QED) is 0.733. The molecule has 29 heavy (non-hydrogen) atoms. The summed E-state index contributed by atoms with van der Waals surface area (Å²) in [4.78, 5) is 24.4. The molecule has 2 aromatic rings. The third-order valence-electron chi connectivity index (χ3n) is 4.44. The lowest BCUT2D eigenvalue weighted by atomic mass is 9.87. The second-order valence-electron chi connectivity index (χ2n) is 6.48. The van der Waals surface area contributed by atoms with Crippen LogP contribution < -0.4 is 10.6 Å². The average Bonchev–Trinajstić information content (AvgIpc) is 2.69. The van der Waals surface area contributed by atoms with Gasteiger partial charge in [0.1, 0.15) is 5.82 Å². The minimum absolute atomic E-state index is 0.0258. The van der Waals surface area contributed by atoms with Crippen LogP contribution in [0.1, 0.15) is 23.5 Å². The van der Waals surface area contributed by atoms with E-state index in [2.05, 4.69) is 16.7 Å². The number of nitriles is 1. The van der Waals surface area contributed by atoms with E-state index in [0.29, 0.717) is 10.7 Å². The van der Waals surface area contributed by atoms with E-state index in [1.54, 1.807) is 36.4 Å². The summed E-state index contributed by atoms with van der Waals surface area (Å²) in [6.07, 6.45) is -0.0258. The second-order valence-corrected chi connectivity index (χ2v) is 7.87. The molecule has 1 unspecified atom stereocenters. The number of aryl methyl sites for hydroxylation is 1. The molecule has 2 N–H and O–H groups in total. The number of anilines is 1. The normalized spacial score (nSPS) is 16.2. The van der Waals surface area contributed by atoms with Gasteiger partial charge in [-0.3, -0.25) is 9.59 Å². The number of nitrogens with zero attached hydrogens (tertiary/aromatic N) is 1. The van der Waals surface area contributed by atoms with E-state index in [-0.39, 0.29) is 40.2 Å². The van der Waals surface area contributed by atoms with Gasteiger partial charge in [0.25, 0.3) is 0 Å². The van der Waals surface area contributed by atoms with Crippen LogP contribution in [0.3, 0.4) is 0 Å². The van der Waals surface area contributed by atoms with Gasteiger partial charge in [0, 0.05) is 23.0 Å². The number of amides is 2. The summed E-state index contributed by atoms with van der Waals surface area (Å²) < 4.78 is 14.2. The van der Waals surface area contributed by atoms with Crippen LogP contribution in [-0.2, 0) is 9.59 Å². The van der Waals surface area contributed by atoms with Crippen molar-refractivity contribution in [2.45, 2.75) is 19.3 Å². The highest BCUT2D eigenvalue weighted by molar-refractivity contribution is 8.03. The molecule has 0 saturated carbocycles. The minimum Gasteiger partial charge on any atom is -0.325 e. The summed E-state index contributed by atoms with van der Waals surface area (Å²) in [5.41, 5.74) is 1.98. The first-order valence-electron chi connectivity index (χ1n) is 8.76. The smallest absolute Gasteiger partial charge is 0.234 e. The zero-order valence-corrected chi connectivity index (χ0v) is 17.0. The van der Waals surface area contributed by atoms with Gasteiger partial charge in [-0.15, -0.1) is 0 Å². The monoisotopic (exact) mass is 429 g/mol. The Balaban J connectivity index is 1.76. The Bertz CT molecular complexity index is 1050. The number of nitrogens with one attached hydrogen (secondary N) is 2. The first-order valence-corrected chi connectivity index (χ1v) is 10.1. The Hall–Kier alpha value is -2.82. The predicted molar refractivity (Wildman–Crippen MR) is 112 cm³/mol. The third kappa shape index (κ3) is 4.97. The largest absolute Gasteiger partial charge is 0.325 e. The molecule has 0 radical (unpaired) electrons. The van der Waals surface area contributed by atoms with E-state index in [4.69, 9.17) is 11.6 Å². The fourth-order valence-electron chi connectivity index (χ4n) is 2.96. The molecule has 2 aromatic carbocycles. The Kier molecular flexibility index (Phi) is 6.57. The number of rotatable bonds is 5. The predicted octanol–water partition coefficient (Wildman–Crippen LogP) is 4.50. The number of allylic oxidation sites excluding steroid dienone is 1. The van der Waals surface area contributed by atoms with Crippen molar-refractivity contribution >= 4 is 40.9 Å². The van der Waals surface area contributed by atoms with Crippen molar-refractivity contribution in [1.82, 2.24) is 5.32 Å². The summed E-state index contributed by atoms with van der Waals surface area (Å²) in [6, 6.07) is 13.3. The standard InChI is InChI=1S/C21H17ClFN3O2S/c1-12-6-7-13(8-17(12)22)25-20(28)11-29-21-16(10-24)15(9-19(27)26-21)14-4-2-3-5-18(14)23/h2-8,15H,9,11H2,1H3,(H,25,28)(H,26,27). The van der Waals surface area contributed by atoms with Crippen LogP contribution in [0.4, 0.5) is 10.1 Å². The third-order valence-corrected chi connectivity index (χ3v) is 5.86. The Morgan fingerprint density at radius 3 is 2.83 bits per heavy atom. The molecule has 1 atom stereocenters. The molecule has 8 heteroatoms. The van der Waals surface area contributed by atoms with E-state index >= 15 is 0 Å². The van der Waals surface area contributed by atoms with Gasteiger partial charge in [0.2, 0.25) is 11.8 Å². The summed E-state index contributed by atoms with van der Waals surface area (Å²) in [5.74, 6) is -1.84. The number of carbonyl (C=O) groups excluding carboxylic acids is 2. The van der Waals surface area contributed by atoms with Crippen molar-refractivity contribution in [2.24, 2.45) is 0 Å². The van der Waals surface area contributed by atoms with Crippen molar-refractivity contribution in [3.8, 4) is 6.07 Å². The number of halogens is 2. The summed E-state index contributed by atoms with van der Waals surface area (Å²) in [6.45, 7) is 1.86. The molecule has 5 nitrogen and oxygen atoms in total. The molecule has 1 heterocycles. The van der Waals surface area contributed by atoms with Gasteiger partial charge in [0.15, 0.2) is 0 Å². The second kappa shape index (κ2) is 9.12. The first kappa shape index (κ1) is 20.9. The molecule has 0 aliphatic carbocycles. The van der Waals surface area contributed by atoms with E-state index in [1.165, 1.54) is 6.07 Å². The Morgan fingerprint density at radius 2 is 2.14 bits per heavy atom. The molecule has 0 bridgehead atoms. The van der Waals surface area contributed by atoms with Gasteiger partial charge >= 0.3 is 0 Å². The first-order chi connectivity index (χ1) is 13.9. The van der Waals surface area contributed by atoms with Crippen LogP contribution in [0.5, 0.6) is 0 Å². The number of hydrogen-bond acceptors (Lipinski definition) is 4. The molecule has 0 spiro atoms. The van der Waals surface area contributed by atoms with E-state index in [1.807, 2.05) is 6.92 Å². The molecule has 2 amide bonds. The highest BCUT2D eigenvalue weighted by atomic mass is 35.5. The van der Waals surface area contributed by atoms with Gasteiger partial charge in [-0.25, -0.2) is 4.39 Å². The van der Waals surface area contributed by atoms with Crippen LogP contribution in [-0.4, -0.2) is 17.6 Å². The van der Waals surface area contributed by atoms with Crippen molar-refractivity contribution in [2.75, 3.05) is 11.1 Å². The Morgan fingerprint density at radius 1 is 1.38 bits per heavy atom. The molecule has 0 saturated heterocycles. The SMILES string of the molecule is Cc1ccc(NC(=O)CSC2=C(C#N)C(c3ccccc3F)CC(=O)N2)cc1Cl. The zero-order chi connectivity index (χ0) is 21.0. The summed E-state index contributed by atoms with van der Waals surface area (Å²) in [5, 5.41) is 15.8. The van der Waals surface area contributed by atoms with E-state index in [9.17, 15) is 19.2 Å². The van der Waals surface area contributed by atoms with Crippen LogP contribution in [0.15, 0.2) is 53.1 Å². The van der Waals surface area contributed by atoms with Crippen molar-refractivity contribution < 1.29 is 14.0 Å². The average molecular weight is 430 g/mol. The zero-order valence-electron chi connectivity index (χ0n) is 15.5. The maximum atomic E-state index is 14.2. The molecule has 1 aliphatic heterocycles. The van der Waals surface area contributed by atoms with E-state index < -0.39 is 11.7 Å². The van der Waals surface area contributed by atoms with Crippen LogP contribution in [0.2, 0.25) is 5.02 Å². The van der Waals surface area contributed by atoms with Crippen LogP contribution >= 0.6 is 23.4 Å². The number of carbonyl (C=O) groups is 2. The molecule has 3 rings (SSSR count). The Labute approximate surface area is 176 Å². The molecule has 0 aromatic heterocycles. The van der Waals surface area contributed by atoms with Gasteiger partial charge in [-0.05, 0) is 36.2 Å². The van der Waals surface area contributed by atoms with Crippen molar-refractivity contribution in [3.63, 3.8) is 0 Å². The maximum absolute atomic E-state index is 14.2. The molecule has 148 valence electrons. The molecular weight excluding hydrogens is 413 g/mol. The number of benzene rings is 2. The lowest BCUT2D eigenvalue weighted by molar-refractivity contribution is -0.121. The lowest BCUT2D eigenvalue weighted by Gasteiger charge is -2.25. The maximum Gasteiger partial charge on any atom is 0.234 e. The molecular formula is C21H17ClFN3O2S. The minimum atomic E-state index is -0.684. The van der Waals surface area contributed by atoms with E-state index in [0.717, 1.165) is 17.3 Å². The van der Waals surface area contributed by atoms with Crippen LogP contribution in [0, 0.1) is 24.1 Å². The topological polar surface area (TPSA) is 82.0 Å². The van der Waals surface area contributed by atoms with Gasteiger partial charge in [0.05, 0.1) is 22.4 Å². The number of hydrogen-bond donors (Lipinski definition) is 2. The summed E-state index contributed by atoms with van der Waals surface area (Å²) >= 11 is 7.09. The molecule has 0 fully saturated rings. The number of thioether (sulfide) groups is 1. The lowest BCUT2D eigenvalue weighted by Crippen LogP contribution is -2.31. The highest BCUT2D eigenvalue weighted by Gasteiger charge is 2.31. The fraction of sp³-hybridized carbons (Fsp3) is 0.190. The van der Waals surface area contributed by atoms with Gasteiger partial charge in [-0.2, -0.15) is 5.26 Å². The van der Waals surface area contributed by atoms with Gasteiger partial charge in [-0.1, -0.05) is 47.6 Å². The van der Waals surface area contributed by atoms with Crippen LogP contribution in [0.25, 0.3) is 0 Å². The van der Waals surface area contributed by atoms with Crippen molar-refractivity contribution in [3.05, 3.63) is 75.0 Å². The highest BCUT2D eigenvalue weighted by Crippen LogP contribution is 2.36. The summed E-state index contributed by atoms with van der Waals surface area (Å²) in [7, 11) is 0. The molecule has 1 aliphatic rings. The van der Waals surface area contributed by atoms with Gasteiger partial charge < -0.3 is 10.6 Å².